The number of carbonyl (C=O) groups is 4. The van der Waals surface area contributed by atoms with Gasteiger partial charge >= 0.3 is 6.09 Å². The standard InChI is InChI=1S/C38H49ClF2N6O8S/c1-37(2,3)30-34(49)47-19-22(17-28(47)32(48)45-38(18-24(38)31(40)41)35(50)46-56(52,53)23-13-14-23)54-33-26(42-25-15-12-21(39)16-27(25)43-33)10-6-4-5-8-20-9-7-11-29(20)55-36(51)44-30/h12,15-16,20,22-24,28-31H,4-11,13-14,17-19H2,1-3H3,(H,44,51)(H,45,48)(H,46,50)/t20-,22-,24+,28+,29-,30-,38-/m1/s1. The van der Waals surface area contributed by atoms with Crippen LogP contribution in [0.2, 0.25) is 5.02 Å². The third-order valence-electron chi connectivity index (χ3n) is 11.8. The molecule has 3 saturated carbocycles. The highest BCUT2D eigenvalue weighted by atomic mass is 35.5. The first kappa shape index (κ1) is 40.3. The highest BCUT2D eigenvalue weighted by Crippen LogP contribution is 2.48. The third kappa shape index (κ3) is 8.53. The molecule has 56 heavy (non-hydrogen) atoms. The van der Waals surface area contributed by atoms with Gasteiger partial charge < -0.3 is 25.0 Å². The molecule has 1 aromatic carbocycles. The topological polar surface area (TPSA) is 186 Å². The maximum absolute atomic E-state index is 14.6. The molecule has 0 unspecified atom stereocenters. The molecule has 2 bridgehead atoms. The molecule has 3 heterocycles. The zero-order chi connectivity index (χ0) is 40.2. The Kier molecular flexibility index (Phi) is 11.1. The normalized spacial score (nSPS) is 30.3. The van der Waals surface area contributed by atoms with E-state index in [1.54, 1.807) is 39.0 Å². The van der Waals surface area contributed by atoms with Gasteiger partial charge in [-0.05, 0) is 87.3 Å². The Bertz CT molecular complexity index is 2000. The Balaban J connectivity index is 1.23. The average Bonchev–Trinajstić information content (AvgIpc) is 4.02. The van der Waals surface area contributed by atoms with Crippen LogP contribution >= 0.6 is 11.6 Å². The summed E-state index contributed by atoms with van der Waals surface area (Å²) in [6.07, 6.45) is 1.51. The second kappa shape index (κ2) is 15.5. The number of sulfonamides is 1. The summed E-state index contributed by atoms with van der Waals surface area (Å²) in [5.41, 5.74) is -1.44. The number of hydrogen-bond donors (Lipinski definition) is 3. The van der Waals surface area contributed by atoms with Crippen molar-refractivity contribution in [1.82, 2.24) is 30.2 Å². The van der Waals surface area contributed by atoms with Crippen LogP contribution in [-0.4, -0.2) is 95.2 Å². The summed E-state index contributed by atoms with van der Waals surface area (Å²) >= 11 is 6.29. The average molecular weight is 823 g/mol. The number of alkyl halides is 2. The molecule has 3 aliphatic carbocycles. The van der Waals surface area contributed by atoms with E-state index in [0.29, 0.717) is 47.4 Å². The smallest absolute Gasteiger partial charge is 0.408 e. The monoisotopic (exact) mass is 822 g/mol. The maximum Gasteiger partial charge on any atom is 0.408 e. The SMILES string of the molecule is CC(C)(C)[C@@H]1NC(=O)O[C@@H]2CCC[C@H]2CCCCCc2nc3ccc(Cl)cc3nc2O[C@@H]2C[C@@H](C(=O)N[C@]3(C(=O)NS(=O)(=O)C4CC4)C[C@H]3C(F)F)N(C2)C1=O. The second-order valence-electron chi connectivity index (χ2n) is 17.0. The summed E-state index contributed by atoms with van der Waals surface area (Å²) in [7, 11) is -4.13. The van der Waals surface area contributed by atoms with Gasteiger partial charge in [0.25, 0.3) is 5.91 Å². The number of halogens is 3. The van der Waals surface area contributed by atoms with Gasteiger partial charge in [0.1, 0.15) is 35.5 Å². The van der Waals surface area contributed by atoms with Crippen molar-refractivity contribution in [3.8, 4) is 5.88 Å². The lowest BCUT2D eigenvalue weighted by atomic mass is 9.85. The van der Waals surface area contributed by atoms with Gasteiger partial charge in [0, 0.05) is 11.4 Å². The number of ether oxygens (including phenoxy) is 2. The van der Waals surface area contributed by atoms with E-state index in [1.165, 1.54) is 4.90 Å². The molecule has 5 aliphatic rings. The second-order valence-corrected chi connectivity index (χ2v) is 19.4. The summed E-state index contributed by atoms with van der Waals surface area (Å²) in [5.74, 6) is -4.13. The van der Waals surface area contributed by atoms with E-state index in [9.17, 15) is 36.4 Å². The lowest BCUT2D eigenvalue weighted by Crippen LogP contribution is -2.60. The minimum Gasteiger partial charge on any atom is -0.471 e. The van der Waals surface area contributed by atoms with Crippen LogP contribution in [0.25, 0.3) is 11.0 Å². The highest BCUT2D eigenvalue weighted by molar-refractivity contribution is 7.91. The van der Waals surface area contributed by atoms with Gasteiger partial charge in [0.05, 0.1) is 28.7 Å². The van der Waals surface area contributed by atoms with Crippen molar-refractivity contribution in [2.75, 3.05) is 6.54 Å². The molecule has 4 amide bonds. The molecule has 0 spiro atoms. The zero-order valence-corrected chi connectivity index (χ0v) is 33.3. The van der Waals surface area contributed by atoms with Crippen molar-refractivity contribution < 1.29 is 45.9 Å². The van der Waals surface area contributed by atoms with Crippen LogP contribution in [0.5, 0.6) is 5.88 Å². The first-order valence-corrected chi connectivity index (χ1v) is 21.4. The van der Waals surface area contributed by atoms with Gasteiger partial charge in [-0.15, -0.1) is 0 Å². The Labute approximate surface area is 329 Å². The fourth-order valence-electron chi connectivity index (χ4n) is 8.34. The Morgan fingerprint density at radius 2 is 1.77 bits per heavy atom. The molecule has 3 N–H and O–H groups in total. The Morgan fingerprint density at radius 3 is 2.46 bits per heavy atom. The molecule has 2 aliphatic heterocycles. The van der Waals surface area contributed by atoms with Gasteiger partial charge in [0.15, 0.2) is 0 Å². The van der Waals surface area contributed by atoms with Crippen LogP contribution in [-0.2, 0) is 35.6 Å². The first-order valence-electron chi connectivity index (χ1n) is 19.5. The number of nitrogens with one attached hydrogen (secondary N) is 3. The summed E-state index contributed by atoms with van der Waals surface area (Å²) in [4.78, 5) is 66.6. The van der Waals surface area contributed by atoms with Crippen molar-refractivity contribution in [1.29, 1.82) is 0 Å². The minimum absolute atomic E-state index is 0.144. The molecule has 1 aromatic heterocycles. The van der Waals surface area contributed by atoms with E-state index >= 15 is 0 Å². The predicted octanol–water partition coefficient (Wildman–Crippen LogP) is 4.81. The van der Waals surface area contributed by atoms with Crippen LogP contribution in [0.4, 0.5) is 13.6 Å². The molecule has 2 aromatic rings. The molecule has 1 saturated heterocycles. The van der Waals surface area contributed by atoms with Crippen molar-refractivity contribution in [2.45, 2.75) is 139 Å². The van der Waals surface area contributed by atoms with Gasteiger partial charge in [-0.25, -0.2) is 32.0 Å². The molecule has 0 radical (unpaired) electrons. The summed E-state index contributed by atoms with van der Waals surface area (Å²) in [6.45, 7) is 5.07. The summed E-state index contributed by atoms with van der Waals surface area (Å²) in [5, 5.41) is 4.83. The summed E-state index contributed by atoms with van der Waals surface area (Å²) < 4.78 is 68.0. The fourth-order valence-corrected chi connectivity index (χ4v) is 9.87. The summed E-state index contributed by atoms with van der Waals surface area (Å²) in [6, 6.07) is 2.57. The van der Waals surface area contributed by atoms with E-state index in [1.807, 2.05) is 4.72 Å². The predicted molar refractivity (Wildman–Crippen MR) is 200 cm³/mol. The van der Waals surface area contributed by atoms with E-state index in [0.717, 1.165) is 38.5 Å². The van der Waals surface area contributed by atoms with Crippen LogP contribution in [0.3, 0.4) is 0 Å². The lowest BCUT2D eigenvalue weighted by molar-refractivity contribution is -0.143. The Morgan fingerprint density at radius 1 is 1.02 bits per heavy atom. The number of hydrogen-bond acceptors (Lipinski definition) is 10. The molecular formula is C38H49ClF2N6O8S. The van der Waals surface area contributed by atoms with E-state index in [4.69, 9.17) is 31.0 Å². The number of rotatable bonds is 6. The van der Waals surface area contributed by atoms with Crippen LogP contribution < -0.4 is 20.1 Å². The maximum atomic E-state index is 14.6. The number of nitrogens with zero attached hydrogens (tertiary/aromatic N) is 3. The fraction of sp³-hybridized carbons (Fsp3) is 0.684. The zero-order valence-electron chi connectivity index (χ0n) is 31.7. The van der Waals surface area contributed by atoms with Gasteiger partial charge in [0.2, 0.25) is 34.1 Å². The number of aromatic nitrogens is 2. The van der Waals surface area contributed by atoms with Crippen molar-refractivity contribution in [3.63, 3.8) is 0 Å². The number of fused-ring (bicyclic) bond motifs is 5. The van der Waals surface area contributed by atoms with Gasteiger partial charge in [-0.3, -0.25) is 19.1 Å². The van der Waals surface area contributed by atoms with Crippen molar-refractivity contribution >= 4 is 56.5 Å². The van der Waals surface area contributed by atoms with Crippen LogP contribution in [0.15, 0.2) is 18.2 Å². The first-order chi connectivity index (χ1) is 26.4. The van der Waals surface area contributed by atoms with Gasteiger partial charge in [-0.1, -0.05) is 45.2 Å². The third-order valence-corrected chi connectivity index (χ3v) is 13.8. The largest absolute Gasteiger partial charge is 0.471 e. The molecule has 306 valence electrons. The molecule has 14 nitrogen and oxygen atoms in total. The van der Waals surface area contributed by atoms with Crippen molar-refractivity contribution in [3.05, 3.63) is 28.9 Å². The molecule has 7 rings (SSSR count). The molecule has 18 heteroatoms. The van der Waals surface area contributed by atoms with Crippen LogP contribution in [0, 0.1) is 17.3 Å². The van der Waals surface area contributed by atoms with Crippen LogP contribution in [0.1, 0.15) is 97.1 Å². The van der Waals surface area contributed by atoms with E-state index in [2.05, 4.69) is 10.6 Å². The van der Waals surface area contributed by atoms with E-state index < -0.39 is 87.0 Å². The number of benzene rings is 1. The lowest BCUT2D eigenvalue weighted by Gasteiger charge is -2.35. The Hall–Kier alpha value is -3.86. The number of aryl methyl sites for hydroxylation is 1. The van der Waals surface area contributed by atoms with Crippen molar-refractivity contribution in [2.24, 2.45) is 17.3 Å². The quantitative estimate of drug-likeness (QED) is 0.366. The number of carbonyl (C=O) groups excluding carboxylic acids is 4. The molecule has 4 fully saturated rings. The number of amides is 4. The number of alkyl carbamates (subject to hydrolysis) is 1. The molecular weight excluding hydrogens is 774 g/mol. The minimum atomic E-state index is -4.13. The highest BCUT2D eigenvalue weighted by Gasteiger charge is 2.67. The van der Waals surface area contributed by atoms with E-state index in [-0.39, 0.29) is 30.9 Å². The molecule has 7 atom stereocenters. The van der Waals surface area contributed by atoms with Gasteiger partial charge in [-0.2, -0.15) is 0 Å².